The van der Waals surface area contributed by atoms with Crippen molar-refractivity contribution in [2.45, 2.75) is 39.4 Å². The van der Waals surface area contributed by atoms with Crippen molar-refractivity contribution >= 4 is 0 Å². The lowest BCUT2D eigenvalue weighted by Crippen LogP contribution is -2.22. The molecule has 0 unspecified atom stereocenters. The van der Waals surface area contributed by atoms with E-state index in [9.17, 15) is 0 Å². The predicted molar refractivity (Wildman–Crippen MR) is 96.1 cm³/mol. The van der Waals surface area contributed by atoms with Crippen LogP contribution in [0.5, 0.6) is 5.75 Å². The van der Waals surface area contributed by atoms with E-state index >= 15 is 0 Å². The Hall–Kier alpha value is -2.67. The number of H-pyrrole nitrogens is 1. The minimum Gasteiger partial charge on any atom is -0.497 e. The number of methoxy groups -OCH3 is 1. The first-order valence-corrected chi connectivity index (χ1v) is 8.26. The molecule has 2 N–H and O–H groups in total. The Morgan fingerprint density at radius 3 is 2.56 bits per heavy atom. The average molecular weight is 340 g/mol. The van der Waals surface area contributed by atoms with Crippen molar-refractivity contribution < 1.29 is 4.74 Å². The Morgan fingerprint density at radius 1 is 1.16 bits per heavy atom. The fraction of sp³-hybridized carbons (Fsp3) is 0.389. The van der Waals surface area contributed by atoms with E-state index in [4.69, 9.17) is 4.74 Å². The molecule has 7 nitrogen and oxygen atoms in total. The van der Waals surface area contributed by atoms with Crippen LogP contribution in [-0.4, -0.2) is 32.1 Å². The minimum absolute atomic E-state index is 0.00352. The van der Waals surface area contributed by atoms with Crippen molar-refractivity contribution in [2.75, 3.05) is 7.11 Å². The minimum atomic E-state index is -0.00352. The van der Waals surface area contributed by atoms with Crippen LogP contribution in [-0.2, 0) is 18.6 Å². The number of aromatic amines is 1. The quantitative estimate of drug-likeness (QED) is 0.721. The summed E-state index contributed by atoms with van der Waals surface area (Å²) in [7, 11) is 1.65. The van der Waals surface area contributed by atoms with Crippen LogP contribution in [0, 0.1) is 0 Å². The summed E-state index contributed by atoms with van der Waals surface area (Å²) in [4.78, 5) is 4.52. The van der Waals surface area contributed by atoms with Crippen LogP contribution < -0.4 is 10.1 Å². The summed E-state index contributed by atoms with van der Waals surface area (Å²) < 4.78 is 7.14. The molecule has 7 heteroatoms. The second kappa shape index (κ2) is 7.06. The van der Waals surface area contributed by atoms with Gasteiger partial charge in [-0.1, -0.05) is 0 Å². The number of nitrogens with one attached hydrogen (secondary N) is 2. The topological polar surface area (TPSA) is 80.6 Å². The third kappa shape index (κ3) is 4.24. The Bertz CT molecular complexity index is 813. The smallest absolute Gasteiger partial charge is 0.181 e. The predicted octanol–water partition coefficient (Wildman–Crippen LogP) is 2.72. The van der Waals surface area contributed by atoms with Gasteiger partial charge < -0.3 is 10.1 Å². The van der Waals surface area contributed by atoms with Crippen molar-refractivity contribution in [3.8, 4) is 17.1 Å². The van der Waals surface area contributed by atoms with Crippen LogP contribution in [0.4, 0.5) is 0 Å². The monoisotopic (exact) mass is 340 g/mol. The average Bonchev–Trinajstić information content (AvgIpc) is 3.24. The van der Waals surface area contributed by atoms with Gasteiger partial charge in [0.25, 0.3) is 0 Å². The van der Waals surface area contributed by atoms with Crippen molar-refractivity contribution in [3.05, 3.63) is 48.0 Å². The molecular weight excluding hydrogens is 316 g/mol. The van der Waals surface area contributed by atoms with E-state index in [1.807, 2.05) is 35.1 Å². The maximum Gasteiger partial charge on any atom is 0.181 e. The standard InChI is InChI=1S/C18H24N6O/c1-18(2,3)24-12-13(10-20-24)9-19-11-16-21-17(23-22-16)14-5-7-15(25-4)8-6-14/h5-8,10,12,19H,9,11H2,1-4H3,(H,21,22,23). The molecule has 3 rings (SSSR count). The molecule has 3 aromatic rings. The number of benzene rings is 1. The molecule has 0 atom stereocenters. The van der Waals surface area contributed by atoms with Gasteiger partial charge in [0.05, 0.1) is 25.4 Å². The van der Waals surface area contributed by atoms with Gasteiger partial charge in [0, 0.05) is 23.9 Å². The second-order valence-corrected chi connectivity index (χ2v) is 6.90. The van der Waals surface area contributed by atoms with E-state index in [0.29, 0.717) is 12.4 Å². The van der Waals surface area contributed by atoms with E-state index in [1.54, 1.807) is 7.11 Å². The van der Waals surface area contributed by atoms with Gasteiger partial charge >= 0.3 is 0 Å². The van der Waals surface area contributed by atoms with Crippen LogP contribution in [0.3, 0.4) is 0 Å². The van der Waals surface area contributed by atoms with Gasteiger partial charge in [-0.05, 0) is 45.0 Å². The highest BCUT2D eigenvalue weighted by Gasteiger charge is 2.13. The molecule has 2 aromatic heterocycles. The van der Waals surface area contributed by atoms with Crippen LogP contribution in [0.15, 0.2) is 36.7 Å². The zero-order valence-corrected chi connectivity index (χ0v) is 15.1. The van der Waals surface area contributed by atoms with Crippen LogP contribution in [0.1, 0.15) is 32.2 Å². The number of nitrogens with zero attached hydrogens (tertiary/aromatic N) is 4. The van der Waals surface area contributed by atoms with Gasteiger partial charge in [0.1, 0.15) is 11.6 Å². The molecule has 0 bridgehead atoms. The highest BCUT2D eigenvalue weighted by molar-refractivity contribution is 5.55. The molecule has 132 valence electrons. The fourth-order valence-electron chi connectivity index (χ4n) is 2.39. The summed E-state index contributed by atoms with van der Waals surface area (Å²) in [5, 5.41) is 15.0. The molecule has 0 aliphatic heterocycles. The number of hydrogen-bond acceptors (Lipinski definition) is 5. The van der Waals surface area contributed by atoms with Crippen molar-refractivity contribution in [3.63, 3.8) is 0 Å². The molecule has 0 spiro atoms. The van der Waals surface area contributed by atoms with E-state index in [-0.39, 0.29) is 5.54 Å². The lowest BCUT2D eigenvalue weighted by Gasteiger charge is -2.18. The zero-order chi connectivity index (χ0) is 17.9. The number of rotatable bonds is 6. The summed E-state index contributed by atoms with van der Waals surface area (Å²) in [6.07, 6.45) is 3.96. The largest absolute Gasteiger partial charge is 0.497 e. The van der Waals surface area contributed by atoms with Gasteiger partial charge in [-0.15, -0.1) is 0 Å². The first kappa shape index (κ1) is 17.2. The van der Waals surface area contributed by atoms with Gasteiger partial charge in [-0.25, -0.2) is 4.98 Å². The highest BCUT2D eigenvalue weighted by Crippen LogP contribution is 2.19. The maximum atomic E-state index is 5.16. The lowest BCUT2D eigenvalue weighted by atomic mass is 10.1. The van der Waals surface area contributed by atoms with Crippen molar-refractivity contribution in [2.24, 2.45) is 0 Å². The van der Waals surface area contributed by atoms with Gasteiger partial charge in [0.15, 0.2) is 5.82 Å². The normalized spacial score (nSPS) is 11.7. The molecule has 0 aliphatic rings. The lowest BCUT2D eigenvalue weighted by molar-refractivity contribution is 0.355. The number of aromatic nitrogens is 5. The van der Waals surface area contributed by atoms with Gasteiger partial charge in [-0.2, -0.15) is 10.2 Å². The molecule has 2 heterocycles. The summed E-state index contributed by atoms with van der Waals surface area (Å²) in [6, 6.07) is 7.69. The zero-order valence-electron chi connectivity index (χ0n) is 15.1. The SMILES string of the molecule is COc1ccc(-c2n[nH]c(CNCc3cnn(C(C)(C)C)c3)n2)cc1. The summed E-state index contributed by atoms with van der Waals surface area (Å²) >= 11 is 0. The second-order valence-electron chi connectivity index (χ2n) is 6.90. The molecule has 25 heavy (non-hydrogen) atoms. The summed E-state index contributed by atoms with van der Waals surface area (Å²) in [6.45, 7) is 7.74. The summed E-state index contributed by atoms with van der Waals surface area (Å²) in [5.41, 5.74) is 2.09. The van der Waals surface area contributed by atoms with Crippen molar-refractivity contribution in [1.82, 2.24) is 30.3 Å². The number of hydrogen-bond donors (Lipinski definition) is 2. The Kier molecular flexibility index (Phi) is 4.85. The summed E-state index contributed by atoms with van der Waals surface area (Å²) in [5.74, 6) is 2.30. The van der Waals surface area contributed by atoms with Crippen LogP contribution in [0.25, 0.3) is 11.4 Å². The Balaban J connectivity index is 1.55. The van der Waals surface area contributed by atoms with E-state index in [1.165, 1.54) is 0 Å². The Morgan fingerprint density at radius 2 is 1.92 bits per heavy atom. The molecular formula is C18H24N6O. The molecule has 0 amide bonds. The fourth-order valence-corrected chi connectivity index (χ4v) is 2.39. The third-order valence-corrected chi connectivity index (χ3v) is 3.82. The van der Waals surface area contributed by atoms with Crippen LogP contribution in [0.2, 0.25) is 0 Å². The first-order valence-electron chi connectivity index (χ1n) is 8.26. The number of ether oxygens (including phenoxy) is 1. The van der Waals surface area contributed by atoms with E-state index < -0.39 is 0 Å². The van der Waals surface area contributed by atoms with E-state index in [0.717, 1.165) is 29.2 Å². The third-order valence-electron chi connectivity index (χ3n) is 3.82. The van der Waals surface area contributed by atoms with E-state index in [2.05, 4.69) is 52.6 Å². The maximum absolute atomic E-state index is 5.16. The van der Waals surface area contributed by atoms with Gasteiger partial charge in [0.2, 0.25) is 0 Å². The molecule has 0 aliphatic carbocycles. The Labute approximate surface area is 147 Å². The molecule has 0 radical (unpaired) electrons. The molecule has 0 saturated heterocycles. The van der Waals surface area contributed by atoms with Crippen molar-refractivity contribution in [1.29, 1.82) is 0 Å². The molecule has 0 fully saturated rings. The van der Waals surface area contributed by atoms with Gasteiger partial charge in [-0.3, -0.25) is 9.78 Å². The first-order chi connectivity index (χ1) is 12.0. The highest BCUT2D eigenvalue weighted by atomic mass is 16.5. The van der Waals surface area contributed by atoms with Crippen LogP contribution >= 0.6 is 0 Å². The molecule has 0 saturated carbocycles. The molecule has 1 aromatic carbocycles.